The molecule has 6 heteroatoms. The fourth-order valence-corrected chi connectivity index (χ4v) is 2.57. The van der Waals surface area contributed by atoms with E-state index in [-0.39, 0.29) is 12.4 Å². The quantitative estimate of drug-likeness (QED) is 0.572. The van der Waals surface area contributed by atoms with Crippen LogP contribution in [-0.4, -0.2) is 15.0 Å². The van der Waals surface area contributed by atoms with E-state index in [1.54, 1.807) is 24.5 Å². The second-order valence-electron chi connectivity index (χ2n) is 5.46. The molecular weight excluding hydrogens is 346 g/mol. The van der Waals surface area contributed by atoms with Crippen molar-refractivity contribution in [1.29, 1.82) is 5.26 Å². The molecule has 4 rings (SSSR count). The van der Waals surface area contributed by atoms with Gasteiger partial charge in [-0.1, -0.05) is 12.1 Å². The Labute approximate surface area is 156 Å². The third-order valence-corrected chi connectivity index (χ3v) is 3.82. The van der Waals surface area contributed by atoms with Crippen LogP contribution in [0.5, 0.6) is 0 Å². The van der Waals surface area contributed by atoms with Crippen molar-refractivity contribution in [2.24, 2.45) is 0 Å². The topological polar surface area (TPSA) is 74.5 Å². The number of nitrogens with one attached hydrogen (secondary N) is 1. The largest absolute Gasteiger partial charge is 0.340 e. The van der Waals surface area contributed by atoms with Crippen LogP contribution >= 0.6 is 12.4 Å². The van der Waals surface area contributed by atoms with Crippen molar-refractivity contribution in [3.05, 3.63) is 78.6 Å². The fraction of sp³-hybridized carbons (Fsp3) is 0. The van der Waals surface area contributed by atoms with Crippen LogP contribution in [0.15, 0.2) is 73.1 Å². The lowest BCUT2D eigenvalue weighted by Gasteiger charge is -2.11. The molecule has 2 aromatic carbocycles. The number of aromatic nitrogens is 3. The summed E-state index contributed by atoms with van der Waals surface area (Å²) in [6.07, 6.45) is 3.45. The van der Waals surface area contributed by atoms with Gasteiger partial charge in [-0.2, -0.15) is 5.26 Å². The van der Waals surface area contributed by atoms with Gasteiger partial charge >= 0.3 is 0 Å². The molecule has 0 aliphatic heterocycles. The van der Waals surface area contributed by atoms with Gasteiger partial charge in [-0.3, -0.25) is 4.98 Å². The SMILES string of the molecule is Cl.N#Cc1ccc(Nc2nc(-c3ccncc3)nc3ccccc23)cc1. The Morgan fingerprint density at radius 3 is 2.31 bits per heavy atom. The number of hydrogen-bond donors (Lipinski definition) is 1. The molecule has 0 radical (unpaired) electrons. The Bertz CT molecular complexity index is 1070. The van der Waals surface area contributed by atoms with Crippen molar-refractivity contribution in [2.45, 2.75) is 0 Å². The lowest BCUT2D eigenvalue weighted by Crippen LogP contribution is -1.99. The standard InChI is InChI=1S/C20H13N5.ClH/c21-13-14-5-7-16(8-6-14)23-20-17-3-1-2-4-18(17)24-19(25-20)15-9-11-22-12-10-15;/h1-12H,(H,23,24,25);1H. The first-order valence-electron chi connectivity index (χ1n) is 7.78. The summed E-state index contributed by atoms with van der Waals surface area (Å²) in [6, 6.07) is 21.0. The average molecular weight is 360 g/mol. The molecule has 0 aliphatic carbocycles. The summed E-state index contributed by atoms with van der Waals surface area (Å²) < 4.78 is 0. The fourth-order valence-electron chi connectivity index (χ4n) is 2.57. The predicted molar refractivity (Wildman–Crippen MR) is 104 cm³/mol. The lowest BCUT2D eigenvalue weighted by atomic mass is 10.2. The van der Waals surface area contributed by atoms with Crippen LogP contribution < -0.4 is 5.32 Å². The monoisotopic (exact) mass is 359 g/mol. The van der Waals surface area contributed by atoms with E-state index in [2.05, 4.69) is 21.4 Å². The maximum absolute atomic E-state index is 8.93. The molecule has 0 unspecified atom stereocenters. The third kappa shape index (κ3) is 3.46. The summed E-state index contributed by atoms with van der Waals surface area (Å²) >= 11 is 0. The molecule has 2 aromatic heterocycles. The molecule has 5 nitrogen and oxygen atoms in total. The number of nitriles is 1. The van der Waals surface area contributed by atoms with Gasteiger partial charge in [0, 0.05) is 29.0 Å². The van der Waals surface area contributed by atoms with E-state index in [0.29, 0.717) is 11.4 Å². The van der Waals surface area contributed by atoms with Crippen LogP contribution in [0.25, 0.3) is 22.3 Å². The Hall–Kier alpha value is -3.49. The first kappa shape index (κ1) is 17.3. The van der Waals surface area contributed by atoms with E-state index in [4.69, 9.17) is 10.2 Å². The minimum atomic E-state index is 0. The highest BCUT2D eigenvalue weighted by molar-refractivity contribution is 5.92. The molecule has 0 aliphatic rings. The van der Waals surface area contributed by atoms with Gasteiger partial charge in [0.25, 0.3) is 0 Å². The molecule has 0 bridgehead atoms. The summed E-state index contributed by atoms with van der Waals surface area (Å²) in [7, 11) is 0. The highest BCUT2D eigenvalue weighted by Gasteiger charge is 2.09. The van der Waals surface area contributed by atoms with Gasteiger partial charge in [-0.15, -0.1) is 12.4 Å². The maximum atomic E-state index is 8.93. The smallest absolute Gasteiger partial charge is 0.162 e. The number of benzene rings is 2. The van der Waals surface area contributed by atoms with Crippen LogP contribution in [0, 0.1) is 11.3 Å². The molecule has 0 saturated heterocycles. The van der Waals surface area contributed by atoms with Crippen molar-refractivity contribution < 1.29 is 0 Å². The highest BCUT2D eigenvalue weighted by Crippen LogP contribution is 2.27. The summed E-state index contributed by atoms with van der Waals surface area (Å²) in [6.45, 7) is 0. The van der Waals surface area contributed by atoms with Gasteiger partial charge < -0.3 is 5.32 Å². The van der Waals surface area contributed by atoms with Crippen LogP contribution in [0.2, 0.25) is 0 Å². The number of nitrogens with zero attached hydrogens (tertiary/aromatic N) is 4. The Balaban J connectivity index is 0.00000196. The predicted octanol–water partition coefficient (Wildman–Crippen LogP) is 4.73. The molecule has 126 valence electrons. The highest BCUT2D eigenvalue weighted by atomic mass is 35.5. The second-order valence-corrected chi connectivity index (χ2v) is 5.46. The minimum Gasteiger partial charge on any atom is -0.340 e. The molecule has 2 heterocycles. The zero-order valence-electron chi connectivity index (χ0n) is 13.6. The normalized spacial score (nSPS) is 9.96. The van der Waals surface area contributed by atoms with Crippen molar-refractivity contribution >= 4 is 34.8 Å². The Kier molecular flexibility index (Phi) is 5.07. The van der Waals surface area contributed by atoms with E-state index >= 15 is 0 Å². The van der Waals surface area contributed by atoms with E-state index < -0.39 is 0 Å². The second kappa shape index (κ2) is 7.60. The van der Waals surface area contributed by atoms with Gasteiger partial charge in [0.05, 0.1) is 17.1 Å². The van der Waals surface area contributed by atoms with Crippen LogP contribution in [0.3, 0.4) is 0 Å². The molecule has 0 spiro atoms. The van der Waals surface area contributed by atoms with Crippen LogP contribution in [0.1, 0.15) is 5.56 Å². The first-order chi connectivity index (χ1) is 12.3. The van der Waals surface area contributed by atoms with Gasteiger partial charge in [0.2, 0.25) is 0 Å². The number of para-hydroxylation sites is 1. The van der Waals surface area contributed by atoms with E-state index in [1.165, 1.54) is 0 Å². The van der Waals surface area contributed by atoms with Gasteiger partial charge in [0.1, 0.15) is 5.82 Å². The van der Waals surface area contributed by atoms with E-state index in [1.807, 2.05) is 48.5 Å². The van der Waals surface area contributed by atoms with Gasteiger partial charge in [-0.05, 0) is 48.5 Å². The van der Waals surface area contributed by atoms with Gasteiger partial charge in [-0.25, -0.2) is 9.97 Å². The summed E-state index contributed by atoms with van der Waals surface area (Å²) in [4.78, 5) is 13.4. The molecule has 0 amide bonds. The molecule has 0 fully saturated rings. The number of hydrogen-bond acceptors (Lipinski definition) is 5. The molecule has 26 heavy (non-hydrogen) atoms. The number of fused-ring (bicyclic) bond motifs is 1. The lowest BCUT2D eigenvalue weighted by molar-refractivity contribution is 1.21. The Morgan fingerprint density at radius 1 is 0.846 bits per heavy atom. The third-order valence-electron chi connectivity index (χ3n) is 3.82. The van der Waals surface area contributed by atoms with Crippen molar-refractivity contribution in [3.8, 4) is 17.5 Å². The van der Waals surface area contributed by atoms with Crippen molar-refractivity contribution in [1.82, 2.24) is 15.0 Å². The number of pyridine rings is 1. The number of anilines is 2. The van der Waals surface area contributed by atoms with Crippen LogP contribution in [0.4, 0.5) is 11.5 Å². The van der Waals surface area contributed by atoms with Crippen LogP contribution in [-0.2, 0) is 0 Å². The summed E-state index contributed by atoms with van der Waals surface area (Å²) in [5.74, 6) is 1.36. The Morgan fingerprint density at radius 2 is 1.58 bits per heavy atom. The minimum absolute atomic E-state index is 0. The molecule has 4 aromatic rings. The molecule has 0 saturated carbocycles. The van der Waals surface area contributed by atoms with E-state index in [0.717, 1.165) is 28.0 Å². The maximum Gasteiger partial charge on any atom is 0.162 e. The zero-order chi connectivity index (χ0) is 17.1. The van der Waals surface area contributed by atoms with E-state index in [9.17, 15) is 0 Å². The van der Waals surface area contributed by atoms with Crippen molar-refractivity contribution in [3.63, 3.8) is 0 Å². The summed E-state index contributed by atoms with van der Waals surface area (Å²) in [5.41, 5.74) is 3.25. The molecule has 1 N–H and O–H groups in total. The summed E-state index contributed by atoms with van der Waals surface area (Å²) in [5, 5.41) is 13.2. The first-order valence-corrected chi connectivity index (χ1v) is 7.78. The zero-order valence-corrected chi connectivity index (χ0v) is 14.4. The number of rotatable bonds is 3. The van der Waals surface area contributed by atoms with Gasteiger partial charge in [0.15, 0.2) is 5.82 Å². The number of halogens is 1. The average Bonchev–Trinajstić information content (AvgIpc) is 2.69. The molecular formula is C20H14ClN5. The van der Waals surface area contributed by atoms with Crippen molar-refractivity contribution in [2.75, 3.05) is 5.32 Å². The molecule has 0 atom stereocenters.